The lowest BCUT2D eigenvalue weighted by atomic mass is 9.44. The number of fused-ring (bicyclic) bond motifs is 3. The van der Waals surface area contributed by atoms with E-state index in [2.05, 4.69) is 30.8 Å². The highest BCUT2D eigenvalue weighted by Gasteiger charge is 2.61. The highest BCUT2D eigenvalue weighted by Crippen LogP contribution is 2.62. The molecular weight excluding hydrogens is 572 g/mol. The van der Waals surface area contributed by atoms with Crippen LogP contribution in [0.3, 0.4) is 0 Å². The fourth-order valence-electron chi connectivity index (χ4n) is 8.55. The van der Waals surface area contributed by atoms with E-state index in [1.165, 1.54) is 6.42 Å². The van der Waals surface area contributed by atoms with E-state index in [-0.39, 0.29) is 41.5 Å². The molecule has 2 aliphatic heterocycles. The van der Waals surface area contributed by atoms with Crippen LogP contribution >= 0.6 is 0 Å². The number of hydroxylamine groups is 4. The van der Waals surface area contributed by atoms with Gasteiger partial charge in [-0.25, -0.2) is 9.86 Å². The Morgan fingerprint density at radius 3 is 2.58 bits per heavy atom. The molecule has 8 atom stereocenters. The predicted molar refractivity (Wildman–Crippen MR) is 170 cm³/mol. The summed E-state index contributed by atoms with van der Waals surface area (Å²) in [4.78, 5) is 44.0. The number of azide groups is 1. The zero-order valence-corrected chi connectivity index (χ0v) is 27.2. The zero-order valence-electron chi connectivity index (χ0n) is 27.2. The van der Waals surface area contributed by atoms with Crippen molar-refractivity contribution in [1.82, 2.24) is 10.1 Å². The number of amides is 1. The molecule has 0 aromatic heterocycles. The minimum absolute atomic E-state index is 0.00757. The molecule has 2 aromatic carbocycles. The van der Waals surface area contributed by atoms with Crippen LogP contribution in [0.15, 0.2) is 41.5 Å². The molecule has 240 valence electrons. The standard InChI is InChI=1S/C34H44N6O5/c1-18-21(9-8-10-26(18)22-11-23(33(42)43)13-25(12-22)38(6)7)17-39-31-30(29(45-39)16-36-37-35)20(3)44-40(32(31)41)28-15-24-14-27(19(28)2)34(24,4)5/h8-13,19-20,24,27-31H,14-17H2,1-7H3,(H,42,43)/t19-,20-,24+,27-,28-,29-,30+,31-/m0/s1. The lowest BCUT2D eigenvalue weighted by Gasteiger charge is -2.63. The smallest absolute Gasteiger partial charge is 0.335 e. The molecule has 7 rings (SSSR count). The number of hydrogen-bond acceptors (Lipinski definition) is 7. The van der Waals surface area contributed by atoms with Gasteiger partial charge < -0.3 is 10.0 Å². The molecule has 11 nitrogen and oxygen atoms in total. The molecule has 1 N–H and O–H groups in total. The number of anilines is 1. The summed E-state index contributed by atoms with van der Waals surface area (Å²) >= 11 is 0. The first-order valence-electron chi connectivity index (χ1n) is 15.9. The summed E-state index contributed by atoms with van der Waals surface area (Å²) in [6, 6.07) is 10.7. The molecule has 3 aliphatic carbocycles. The molecule has 0 radical (unpaired) electrons. The van der Waals surface area contributed by atoms with Crippen LogP contribution in [0.25, 0.3) is 21.6 Å². The molecule has 3 saturated carbocycles. The lowest BCUT2D eigenvalue weighted by Crippen LogP contribution is -2.66. The number of hydrogen-bond donors (Lipinski definition) is 1. The number of carboxylic acids is 1. The fourth-order valence-corrected chi connectivity index (χ4v) is 8.55. The number of rotatable bonds is 8. The summed E-state index contributed by atoms with van der Waals surface area (Å²) in [5.74, 6) is 0.0527. The van der Waals surface area contributed by atoms with Gasteiger partial charge in [0.25, 0.3) is 5.91 Å². The molecule has 45 heavy (non-hydrogen) atoms. The largest absolute Gasteiger partial charge is 0.478 e. The van der Waals surface area contributed by atoms with Crippen LogP contribution in [0.2, 0.25) is 0 Å². The van der Waals surface area contributed by atoms with Crippen LogP contribution in [0.1, 0.15) is 62.0 Å². The molecule has 2 heterocycles. The Kier molecular flexibility index (Phi) is 8.10. The maximum Gasteiger partial charge on any atom is 0.335 e. The van der Waals surface area contributed by atoms with Crippen molar-refractivity contribution >= 4 is 17.6 Å². The van der Waals surface area contributed by atoms with Crippen LogP contribution in [0.5, 0.6) is 0 Å². The number of carbonyl (C=O) groups excluding carboxylic acids is 1. The second kappa shape index (κ2) is 11.6. The Hall–Kier alpha value is -3.63. The van der Waals surface area contributed by atoms with Gasteiger partial charge in [-0.2, -0.15) is 5.06 Å². The lowest BCUT2D eigenvalue weighted by molar-refractivity contribution is -0.280. The Balaban J connectivity index is 1.32. The van der Waals surface area contributed by atoms with Crippen molar-refractivity contribution in [2.24, 2.45) is 34.2 Å². The fraction of sp³-hybridized carbons (Fsp3) is 0.588. The summed E-state index contributed by atoms with van der Waals surface area (Å²) in [5.41, 5.74) is 14.0. The summed E-state index contributed by atoms with van der Waals surface area (Å²) in [6.07, 6.45) is 1.32. The SMILES string of the molecule is Cc1c(CN2O[C@@H](CN=[N+]=[N-])[C@H]3[C@H](C)ON([C@H]4C[C@H]5C[C@@H]([C@@H]4C)C5(C)C)C(=O)[C@H]32)cccc1-c1cc(C(=O)O)cc(N(C)C)c1. The van der Waals surface area contributed by atoms with Crippen molar-refractivity contribution in [3.05, 3.63) is 63.5 Å². The average Bonchev–Trinajstić information content (AvgIpc) is 3.37. The van der Waals surface area contributed by atoms with Gasteiger partial charge in [0.2, 0.25) is 0 Å². The van der Waals surface area contributed by atoms with Gasteiger partial charge in [0.15, 0.2) is 0 Å². The van der Waals surface area contributed by atoms with Crippen molar-refractivity contribution in [2.45, 2.75) is 78.3 Å². The monoisotopic (exact) mass is 616 g/mol. The molecule has 5 fully saturated rings. The van der Waals surface area contributed by atoms with Crippen molar-refractivity contribution < 1.29 is 24.4 Å². The van der Waals surface area contributed by atoms with E-state index in [1.54, 1.807) is 22.3 Å². The van der Waals surface area contributed by atoms with Gasteiger partial charge in [0.1, 0.15) is 6.04 Å². The molecule has 2 saturated heterocycles. The second-order valence-corrected chi connectivity index (χ2v) is 14.2. The van der Waals surface area contributed by atoms with Gasteiger partial charge in [-0.3, -0.25) is 14.5 Å². The van der Waals surface area contributed by atoms with Crippen molar-refractivity contribution in [3.8, 4) is 11.1 Å². The van der Waals surface area contributed by atoms with Crippen LogP contribution in [-0.4, -0.2) is 72.0 Å². The summed E-state index contributed by atoms with van der Waals surface area (Å²) in [7, 11) is 3.77. The maximum atomic E-state index is 14.4. The number of nitrogens with zero attached hydrogens (tertiary/aromatic N) is 6. The molecule has 1 amide bonds. The van der Waals surface area contributed by atoms with Gasteiger partial charge in [0.05, 0.1) is 36.9 Å². The molecule has 11 heteroatoms. The highest BCUT2D eigenvalue weighted by atomic mass is 16.7. The zero-order chi connectivity index (χ0) is 32.4. The van der Waals surface area contributed by atoms with E-state index in [4.69, 9.17) is 15.2 Å². The maximum absolute atomic E-state index is 14.4. The van der Waals surface area contributed by atoms with E-state index in [9.17, 15) is 14.7 Å². The number of benzene rings is 2. The van der Waals surface area contributed by atoms with Crippen LogP contribution in [0.4, 0.5) is 5.69 Å². The first-order valence-corrected chi connectivity index (χ1v) is 15.9. The number of carboxylic acid groups (broad SMARTS) is 1. The molecule has 0 unspecified atom stereocenters. The molecule has 5 aliphatic rings. The minimum Gasteiger partial charge on any atom is -0.478 e. The number of carbonyl (C=O) groups is 2. The van der Waals surface area contributed by atoms with Gasteiger partial charge in [0, 0.05) is 30.6 Å². The van der Waals surface area contributed by atoms with E-state index < -0.39 is 18.1 Å². The van der Waals surface area contributed by atoms with Crippen LogP contribution in [0, 0.1) is 36.0 Å². The van der Waals surface area contributed by atoms with Crippen molar-refractivity contribution in [2.75, 3.05) is 25.5 Å². The Bertz CT molecular complexity index is 1550. The first kappa shape index (κ1) is 31.4. The third kappa shape index (κ3) is 5.25. The third-order valence-electron chi connectivity index (χ3n) is 11.4. The summed E-state index contributed by atoms with van der Waals surface area (Å²) < 4.78 is 0. The van der Waals surface area contributed by atoms with E-state index in [0.29, 0.717) is 24.3 Å². The summed E-state index contributed by atoms with van der Waals surface area (Å²) in [6.45, 7) is 11.4. The molecule has 0 spiro atoms. The minimum atomic E-state index is -0.985. The van der Waals surface area contributed by atoms with Gasteiger partial charge in [-0.15, -0.1) is 0 Å². The van der Waals surface area contributed by atoms with Crippen molar-refractivity contribution in [1.29, 1.82) is 0 Å². The third-order valence-corrected chi connectivity index (χ3v) is 11.4. The van der Waals surface area contributed by atoms with Gasteiger partial charge >= 0.3 is 5.97 Å². The molecule has 2 bridgehead atoms. The molecule has 2 aromatic rings. The second-order valence-electron chi connectivity index (χ2n) is 14.2. The van der Waals surface area contributed by atoms with E-state index in [0.717, 1.165) is 34.4 Å². The van der Waals surface area contributed by atoms with E-state index in [1.807, 2.05) is 57.1 Å². The van der Waals surface area contributed by atoms with E-state index >= 15 is 0 Å². The quantitative estimate of drug-likeness (QED) is 0.216. The Labute approximate surface area is 264 Å². The number of aromatic carboxylic acids is 1. The average molecular weight is 617 g/mol. The van der Waals surface area contributed by atoms with Crippen molar-refractivity contribution in [3.63, 3.8) is 0 Å². The predicted octanol–water partition coefficient (Wildman–Crippen LogP) is 6.07. The van der Waals surface area contributed by atoms with Crippen LogP contribution < -0.4 is 4.90 Å². The topological polar surface area (TPSA) is 131 Å². The van der Waals surface area contributed by atoms with Gasteiger partial charge in [-0.05, 0) is 95.8 Å². The summed E-state index contributed by atoms with van der Waals surface area (Å²) in [5, 5.41) is 17.0. The normalized spacial score (nSPS) is 32.0. The molecular formula is C34H44N6O5. The first-order chi connectivity index (χ1) is 21.3. The van der Waals surface area contributed by atoms with Gasteiger partial charge in [-0.1, -0.05) is 44.1 Å². The van der Waals surface area contributed by atoms with Crippen LogP contribution in [-0.2, 0) is 21.0 Å². The highest BCUT2D eigenvalue weighted by molar-refractivity contribution is 5.91. The Morgan fingerprint density at radius 1 is 1.18 bits per heavy atom. The Morgan fingerprint density at radius 2 is 1.93 bits per heavy atom.